The Morgan fingerprint density at radius 3 is 2.17 bits per heavy atom. The number of rotatable bonds is 9. The molecule has 0 bridgehead atoms. The van der Waals surface area contributed by atoms with Crippen molar-refractivity contribution in [2.75, 3.05) is 26.8 Å². The van der Waals surface area contributed by atoms with Gasteiger partial charge in [0.2, 0.25) is 5.91 Å². The third kappa shape index (κ3) is 5.48. The first-order chi connectivity index (χ1) is 16.7. The van der Waals surface area contributed by atoms with Crippen LogP contribution in [0.3, 0.4) is 0 Å². The number of hydrogen-bond acceptors (Lipinski definition) is 5. The Bertz CT molecular complexity index is 1060. The Morgan fingerprint density at radius 2 is 1.63 bits per heavy atom. The van der Waals surface area contributed by atoms with E-state index in [9.17, 15) is 14.4 Å². The van der Waals surface area contributed by atoms with Crippen LogP contribution in [0.5, 0.6) is 0 Å². The van der Waals surface area contributed by atoms with E-state index in [4.69, 9.17) is 14.6 Å². The Kier molecular flexibility index (Phi) is 7.12. The van der Waals surface area contributed by atoms with Gasteiger partial charge in [-0.15, -0.1) is 0 Å². The molecule has 1 saturated heterocycles. The third-order valence-electron chi connectivity index (χ3n) is 6.91. The van der Waals surface area contributed by atoms with Crippen LogP contribution in [0.15, 0.2) is 48.5 Å². The van der Waals surface area contributed by atoms with Gasteiger partial charge in [0.25, 0.3) is 0 Å². The average molecular weight is 481 g/mol. The summed E-state index contributed by atoms with van der Waals surface area (Å²) in [5.74, 6) is -1.28. The highest BCUT2D eigenvalue weighted by atomic mass is 16.5. The van der Waals surface area contributed by atoms with E-state index in [2.05, 4.69) is 17.4 Å². The van der Waals surface area contributed by atoms with Crippen LogP contribution in [0.4, 0.5) is 4.79 Å². The van der Waals surface area contributed by atoms with Crippen molar-refractivity contribution in [3.8, 4) is 11.1 Å². The molecule has 1 fully saturated rings. The lowest BCUT2D eigenvalue weighted by atomic mass is 9.92. The van der Waals surface area contributed by atoms with Crippen LogP contribution in [0.2, 0.25) is 0 Å². The molecule has 0 aromatic heterocycles. The summed E-state index contributed by atoms with van der Waals surface area (Å²) in [7, 11) is 1.56. The van der Waals surface area contributed by atoms with Gasteiger partial charge in [-0.2, -0.15) is 0 Å². The summed E-state index contributed by atoms with van der Waals surface area (Å²) >= 11 is 0. The normalized spacial score (nSPS) is 16.1. The number of benzene rings is 2. The topological polar surface area (TPSA) is 105 Å². The highest BCUT2D eigenvalue weighted by molar-refractivity contribution is 5.86. The fourth-order valence-electron chi connectivity index (χ4n) is 4.90. The van der Waals surface area contributed by atoms with Gasteiger partial charge in [-0.3, -0.25) is 9.59 Å². The first-order valence-electron chi connectivity index (χ1n) is 11.9. The predicted molar refractivity (Wildman–Crippen MR) is 130 cm³/mol. The van der Waals surface area contributed by atoms with Gasteiger partial charge in [0.05, 0.1) is 12.0 Å². The minimum absolute atomic E-state index is 0.0256. The molecule has 0 spiro atoms. The molecule has 1 unspecified atom stereocenters. The summed E-state index contributed by atoms with van der Waals surface area (Å²) in [6.07, 6.45) is -0.385. The highest BCUT2D eigenvalue weighted by Crippen LogP contribution is 2.44. The minimum Gasteiger partial charge on any atom is -0.481 e. The van der Waals surface area contributed by atoms with Crippen LogP contribution in [-0.4, -0.2) is 66.4 Å². The summed E-state index contributed by atoms with van der Waals surface area (Å²) in [4.78, 5) is 38.5. The average Bonchev–Trinajstić information content (AvgIpc) is 3.12. The van der Waals surface area contributed by atoms with E-state index in [1.54, 1.807) is 12.0 Å². The minimum atomic E-state index is -0.879. The largest absolute Gasteiger partial charge is 0.481 e. The van der Waals surface area contributed by atoms with Crippen LogP contribution >= 0.6 is 0 Å². The van der Waals surface area contributed by atoms with E-state index in [1.807, 2.05) is 50.2 Å². The maximum Gasteiger partial charge on any atom is 0.407 e. The number of fused-ring (bicyclic) bond motifs is 3. The first kappa shape index (κ1) is 24.7. The second-order valence-electron chi connectivity index (χ2n) is 9.90. The van der Waals surface area contributed by atoms with Crippen molar-refractivity contribution in [1.29, 1.82) is 0 Å². The third-order valence-corrected chi connectivity index (χ3v) is 6.91. The molecule has 2 aromatic rings. The maximum atomic E-state index is 13.1. The second kappa shape index (κ2) is 10.1. The second-order valence-corrected chi connectivity index (χ2v) is 9.90. The standard InChI is InChI=1S/C27H32N2O6/c1-27(2,34-3)13-23(25(32)29-14-17(15-29)12-24(30)31)28-26(33)35-16-22-20-10-6-4-8-18(20)19-9-5-7-11-21(19)22/h4-11,17,22-23H,12-16H2,1-3H3,(H,28,33)(H,30,31). The molecule has 35 heavy (non-hydrogen) atoms. The predicted octanol–water partition coefficient (Wildman–Crippen LogP) is 3.64. The first-order valence-corrected chi connectivity index (χ1v) is 11.9. The Balaban J connectivity index is 1.41. The van der Waals surface area contributed by atoms with Gasteiger partial charge in [-0.05, 0) is 36.1 Å². The van der Waals surface area contributed by atoms with Crippen molar-refractivity contribution < 1.29 is 29.0 Å². The number of hydrogen-bond donors (Lipinski definition) is 2. The zero-order chi connectivity index (χ0) is 25.2. The summed E-state index contributed by atoms with van der Waals surface area (Å²) in [5.41, 5.74) is 3.85. The molecule has 8 nitrogen and oxygen atoms in total. The van der Waals surface area contributed by atoms with Gasteiger partial charge >= 0.3 is 12.1 Å². The molecule has 0 radical (unpaired) electrons. The van der Waals surface area contributed by atoms with Crippen molar-refractivity contribution in [2.45, 2.75) is 44.2 Å². The molecule has 1 heterocycles. The lowest BCUT2D eigenvalue weighted by Crippen LogP contribution is -2.58. The van der Waals surface area contributed by atoms with Gasteiger partial charge in [-0.25, -0.2) is 4.79 Å². The van der Waals surface area contributed by atoms with E-state index in [0.717, 1.165) is 22.3 Å². The molecule has 1 aliphatic carbocycles. The molecule has 2 amide bonds. The van der Waals surface area contributed by atoms with Gasteiger partial charge in [0.15, 0.2) is 0 Å². The van der Waals surface area contributed by atoms with Crippen molar-refractivity contribution >= 4 is 18.0 Å². The molecular formula is C27H32N2O6. The molecule has 2 aromatic carbocycles. The number of alkyl carbamates (subject to hydrolysis) is 1. The molecule has 186 valence electrons. The molecule has 4 rings (SSSR count). The van der Waals surface area contributed by atoms with Crippen LogP contribution in [-0.2, 0) is 19.1 Å². The number of nitrogens with one attached hydrogen (secondary N) is 1. The van der Waals surface area contributed by atoms with Crippen LogP contribution < -0.4 is 5.32 Å². The quantitative estimate of drug-likeness (QED) is 0.568. The van der Waals surface area contributed by atoms with Crippen LogP contribution in [0.25, 0.3) is 11.1 Å². The van der Waals surface area contributed by atoms with E-state index < -0.39 is 23.7 Å². The van der Waals surface area contributed by atoms with E-state index in [1.165, 1.54) is 0 Å². The number of aliphatic carboxylic acids is 1. The number of likely N-dealkylation sites (tertiary alicyclic amines) is 1. The van der Waals surface area contributed by atoms with E-state index in [-0.39, 0.29) is 37.2 Å². The summed E-state index contributed by atoms with van der Waals surface area (Å²) < 4.78 is 11.1. The fraction of sp³-hybridized carbons (Fsp3) is 0.444. The number of carbonyl (C=O) groups is 3. The van der Waals surface area contributed by atoms with E-state index in [0.29, 0.717) is 13.1 Å². The Hall–Kier alpha value is -3.39. The van der Waals surface area contributed by atoms with Gasteiger partial charge in [-0.1, -0.05) is 48.5 Å². The lowest BCUT2D eigenvalue weighted by Gasteiger charge is -2.41. The number of carbonyl (C=O) groups excluding carboxylic acids is 2. The van der Waals surface area contributed by atoms with Crippen molar-refractivity contribution in [1.82, 2.24) is 10.2 Å². The monoisotopic (exact) mass is 480 g/mol. The molecule has 2 aliphatic rings. The number of carboxylic acids is 1. The van der Waals surface area contributed by atoms with Crippen molar-refractivity contribution in [2.24, 2.45) is 5.92 Å². The molecule has 8 heteroatoms. The molecule has 2 N–H and O–H groups in total. The Morgan fingerprint density at radius 1 is 1.06 bits per heavy atom. The van der Waals surface area contributed by atoms with Gasteiger partial charge in [0, 0.05) is 38.5 Å². The smallest absolute Gasteiger partial charge is 0.407 e. The molecular weight excluding hydrogens is 448 g/mol. The number of ether oxygens (including phenoxy) is 2. The summed E-state index contributed by atoms with van der Waals surface area (Å²) in [6, 6.07) is 15.3. The number of nitrogens with zero attached hydrogens (tertiary/aromatic N) is 1. The number of amides is 2. The lowest BCUT2D eigenvalue weighted by molar-refractivity contribution is -0.147. The SMILES string of the molecule is COC(C)(C)CC(NC(=O)OCC1c2ccccc2-c2ccccc21)C(=O)N1CC(CC(=O)O)C1. The van der Waals surface area contributed by atoms with Gasteiger partial charge in [0.1, 0.15) is 12.6 Å². The van der Waals surface area contributed by atoms with E-state index >= 15 is 0 Å². The highest BCUT2D eigenvalue weighted by Gasteiger charge is 2.39. The number of carboxylic acid groups (broad SMARTS) is 1. The fourth-order valence-corrected chi connectivity index (χ4v) is 4.90. The summed E-state index contributed by atoms with van der Waals surface area (Å²) in [5, 5.41) is 11.7. The van der Waals surface area contributed by atoms with Crippen LogP contribution in [0, 0.1) is 5.92 Å². The van der Waals surface area contributed by atoms with Crippen molar-refractivity contribution in [3.63, 3.8) is 0 Å². The van der Waals surface area contributed by atoms with Crippen LogP contribution in [0.1, 0.15) is 43.7 Å². The zero-order valence-corrected chi connectivity index (χ0v) is 20.3. The van der Waals surface area contributed by atoms with Crippen molar-refractivity contribution in [3.05, 3.63) is 59.7 Å². The number of methoxy groups -OCH3 is 1. The zero-order valence-electron chi connectivity index (χ0n) is 20.3. The molecule has 1 aliphatic heterocycles. The maximum absolute atomic E-state index is 13.1. The van der Waals surface area contributed by atoms with Gasteiger partial charge < -0.3 is 24.8 Å². The molecule has 0 saturated carbocycles. The summed E-state index contributed by atoms with van der Waals surface area (Å²) in [6.45, 7) is 4.56. The Labute approximate surface area is 205 Å². The molecule has 1 atom stereocenters.